The molecule has 2 aliphatic heterocycles. The smallest absolute Gasteiger partial charge is 0.416 e. The Morgan fingerprint density at radius 2 is 1.87 bits per heavy atom. The number of carbonyl (C=O) groups is 1. The van der Waals surface area contributed by atoms with Crippen molar-refractivity contribution in [2.24, 2.45) is 5.92 Å². The van der Waals surface area contributed by atoms with Crippen molar-refractivity contribution < 1.29 is 27.8 Å². The molecule has 1 saturated heterocycles. The van der Waals surface area contributed by atoms with Crippen LogP contribution in [0.4, 0.5) is 13.2 Å². The highest BCUT2D eigenvalue weighted by atomic mass is 19.4. The molecule has 5 atom stereocenters. The van der Waals surface area contributed by atoms with Gasteiger partial charge in [0.2, 0.25) is 5.91 Å². The van der Waals surface area contributed by atoms with Crippen LogP contribution in [0.5, 0.6) is 5.75 Å². The summed E-state index contributed by atoms with van der Waals surface area (Å²) in [5.41, 5.74) is 1.52. The molecule has 3 aromatic carbocycles. The summed E-state index contributed by atoms with van der Waals surface area (Å²) in [6.45, 7) is 6.26. The molecule has 2 heterocycles. The SMILES string of the molecule is CC(C)CN(C(=O)/C=C/c1cccc(C(F)(F)F)c1)C1CC[C@@]2(O)[C@H]3Cc4cccc5c4[C@@]2(CCN3CCc2ccccc2)C1O5. The minimum Gasteiger partial charge on any atom is -0.487 e. The number of piperidine rings is 1. The first-order chi connectivity index (χ1) is 22.0. The lowest BCUT2D eigenvalue weighted by Crippen LogP contribution is -2.78. The Hall–Kier alpha value is -3.62. The Morgan fingerprint density at radius 3 is 2.63 bits per heavy atom. The normalized spacial score (nSPS) is 28.3. The maximum absolute atomic E-state index is 14.0. The van der Waals surface area contributed by atoms with Crippen LogP contribution < -0.4 is 4.74 Å². The lowest BCUT2D eigenvalue weighted by Gasteiger charge is -2.65. The van der Waals surface area contributed by atoms with Crippen molar-refractivity contribution in [3.63, 3.8) is 0 Å². The van der Waals surface area contributed by atoms with E-state index in [9.17, 15) is 23.1 Å². The zero-order valence-corrected chi connectivity index (χ0v) is 26.3. The predicted molar refractivity (Wildman–Crippen MR) is 171 cm³/mol. The maximum Gasteiger partial charge on any atom is 0.416 e. The molecule has 2 unspecified atom stereocenters. The van der Waals surface area contributed by atoms with E-state index < -0.39 is 28.9 Å². The number of alkyl halides is 3. The van der Waals surface area contributed by atoms with Crippen LogP contribution in [0.3, 0.4) is 0 Å². The van der Waals surface area contributed by atoms with Gasteiger partial charge in [0, 0.05) is 30.8 Å². The van der Waals surface area contributed by atoms with Gasteiger partial charge in [-0.25, -0.2) is 0 Å². The van der Waals surface area contributed by atoms with E-state index in [-0.39, 0.29) is 23.9 Å². The molecule has 1 spiro atoms. The Labute approximate surface area is 268 Å². The van der Waals surface area contributed by atoms with Gasteiger partial charge in [-0.3, -0.25) is 9.69 Å². The van der Waals surface area contributed by atoms with E-state index in [0.717, 1.165) is 55.8 Å². The molecular weight excluding hydrogens is 589 g/mol. The van der Waals surface area contributed by atoms with Crippen molar-refractivity contribution >= 4 is 12.0 Å². The molecule has 2 fully saturated rings. The van der Waals surface area contributed by atoms with Gasteiger partial charge in [-0.2, -0.15) is 13.2 Å². The lowest BCUT2D eigenvalue weighted by atomic mass is 9.48. The number of ether oxygens (including phenoxy) is 1. The molecule has 3 aromatic rings. The van der Waals surface area contributed by atoms with Gasteiger partial charge in [-0.05, 0) is 85.5 Å². The number of hydrogen-bond acceptors (Lipinski definition) is 4. The molecule has 242 valence electrons. The molecule has 0 radical (unpaired) electrons. The van der Waals surface area contributed by atoms with Gasteiger partial charge in [0.1, 0.15) is 11.9 Å². The van der Waals surface area contributed by atoms with Crippen LogP contribution in [0.1, 0.15) is 60.9 Å². The molecule has 2 bridgehead atoms. The first-order valence-corrected chi connectivity index (χ1v) is 16.5. The number of amides is 1. The second kappa shape index (κ2) is 11.6. The molecule has 5 nitrogen and oxygen atoms in total. The van der Waals surface area contributed by atoms with Crippen LogP contribution in [0, 0.1) is 5.92 Å². The second-order valence-electron chi connectivity index (χ2n) is 13.9. The van der Waals surface area contributed by atoms with Crippen molar-refractivity contribution in [2.75, 3.05) is 19.6 Å². The molecule has 46 heavy (non-hydrogen) atoms. The van der Waals surface area contributed by atoms with Gasteiger partial charge < -0.3 is 14.7 Å². The Morgan fingerprint density at radius 1 is 1.09 bits per heavy atom. The van der Waals surface area contributed by atoms with E-state index >= 15 is 0 Å². The van der Waals surface area contributed by atoms with Crippen LogP contribution in [0.15, 0.2) is 78.9 Å². The molecule has 4 aliphatic rings. The fraction of sp³-hybridized carbons (Fsp3) is 0.447. The molecule has 8 heteroatoms. The van der Waals surface area contributed by atoms with Crippen molar-refractivity contribution in [1.29, 1.82) is 0 Å². The zero-order chi connectivity index (χ0) is 32.3. The molecule has 1 N–H and O–H groups in total. The van der Waals surface area contributed by atoms with Gasteiger partial charge in [-0.1, -0.05) is 68.4 Å². The summed E-state index contributed by atoms with van der Waals surface area (Å²) in [5, 5.41) is 12.9. The van der Waals surface area contributed by atoms with Gasteiger partial charge in [0.25, 0.3) is 0 Å². The van der Waals surface area contributed by atoms with Crippen LogP contribution in [-0.4, -0.2) is 64.2 Å². The van der Waals surface area contributed by atoms with Crippen LogP contribution in [0.2, 0.25) is 0 Å². The third-order valence-electron chi connectivity index (χ3n) is 10.8. The second-order valence-corrected chi connectivity index (χ2v) is 13.9. The standard InChI is InChI=1S/C38H41F3N2O3/c1-25(2)24-43(33(44)15-14-27-10-6-12-29(22-27)38(39,40)41)30-16-18-37(45)32-23-28-11-7-13-31-34(28)36(37,35(30)46-31)19-21-42(32)20-17-26-8-4-3-5-9-26/h3-15,22,25,30,32,35,45H,16-21,23-24H2,1-2H3/b15-14+/t30?,32-,35?,36+,37-/m1/s1. The maximum atomic E-state index is 14.0. The average molecular weight is 631 g/mol. The average Bonchev–Trinajstić information content (AvgIpc) is 3.37. The number of benzene rings is 3. The largest absolute Gasteiger partial charge is 0.487 e. The molecular formula is C38H41F3N2O3. The molecule has 2 aliphatic carbocycles. The molecule has 1 saturated carbocycles. The summed E-state index contributed by atoms with van der Waals surface area (Å²) in [5.74, 6) is 0.702. The van der Waals surface area contributed by atoms with Crippen LogP contribution in [-0.2, 0) is 29.2 Å². The van der Waals surface area contributed by atoms with Crippen molar-refractivity contribution in [2.45, 2.75) is 81.3 Å². The predicted octanol–water partition coefficient (Wildman–Crippen LogP) is 6.67. The molecule has 7 rings (SSSR count). The number of carbonyl (C=O) groups excluding carboxylic acids is 1. The van der Waals surface area contributed by atoms with Crippen molar-refractivity contribution in [1.82, 2.24) is 9.80 Å². The minimum absolute atomic E-state index is 0.0621. The third-order valence-corrected chi connectivity index (χ3v) is 10.8. The van der Waals surface area contributed by atoms with E-state index in [1.165, 1.54) is 29.3 Å². The van der Waals surface area contributed by atoms with Gasteiger partial charge in [0.05, 0.1) is 22.6 Å². The quantitative estimate of drug-likeness (QED) is 0.283. The summed E-state index contributed by atoms with van der Waals surface area (Å²) in [6.07, 6.45) is 1.47. The minimum atomic E-state index is -4.46. The number of rotatable bonds is 8. The van der Waals surface area contributed by atoms with Gasteiger partial charge in [0.15, 0.2) is 0 Å². The van der Waals surface area contributed by atoms with Gasteiger partial charge >= 0.3 is 6.18 Å². The van der Waals surface area contributed by atoms with E-state index in [0.29, 0.717) is 24.9 Å². The highest BCUT2D eigenvalue weighted by Gasteiger charge is 2.73. The highest BCUT2D eigenvalue weighted by Crippen LogP contribution is 2.64. The van der Waals surface area contributed by atoms with Crippen LogP contribution in [0.25, 0.3) is 6.08 Å². The Bertz CT molecular complexity index is 1640. The zero-order valence-electron chi connectivity index (χ0n) is 26.3. The summed E-state index contributed by atoms with van der Waals surface area (Å²) in [4.78, 5) is 18.3. The number of hydrogen-bond donors (Lipinski definition) is 1. The van der Waals surface area contributed by atoms with Crippen LogP contribution >= 0.6 is 0 Å². The number of nitrogens with zero attached hydrogens (tertiary/aromatic N) is 2. The summed E-state index contributed by atoms with van der Waals surface area (Å²) in [7, 11) is 0. The number of halogens is 3. The Kier molecular flexibility index (Phi) is 7.80. The highest BCUT2D eigenvalue weighted by molar-refractivity contribution is 5.92. The molecule has 1 amide bonds. The number of aliphatic hydroxyl groups is 1. The lowest BCUT2D eigenvalue weighted by molar-refractivity contribution is -0.201. The van der Waals surface area contributed by atoms with Crippen molar-refractivity contribution in [3.05, 3.63) is 107 Å². The monoisotopic (exact) mass is 630 g/mol. The van der Waals surface area contributed by atoms with E-state index in [1.54, 1.807) is 6.07 Å². The van der Waals surface area contributed by atoms with E-state index in [4.69, 9.17) is 4.74 Å². The number of likely N-dealkylation sites (tertiary alicyclic amines) is 1. The van der Waals surface area contributed by atoms with E-state index in [2.05, 4.69) is 49.1 Å². The van der Waals surface area contributed by atoms with E-state index in [1.807, 2.05) is 23.1 Å². The molecule has 0 aromatic heterocycles. The van der Waals surface area contributed by atoms with Crippen molar-refractivity contribution in [3.8, 4) is 5.75 Å². The summed E-state index contributed by atoms with van der Waals surface area (Å²) in [6, 6.07) is 21.3. The summed E-state index contributed by atoms with van der Waals surface area (Å²) >= 11 is 0. The fourth-order valence-corrected chi connectivity index (χ4v) is 8.94. The first kappa shape index (κ1) is 31.0. The third kappa shape index (κ3) is 5.05. The topological polar surface area (TPSA) is 53.0 Å². The first-order valence-electron chi connectivity index (χ1n) is 16.5. The van der Waals surface area contributed by atoms with Gasteiger partial charge in [-0.15, -0.1) is 0 Å². The Balaban J connectivity index is 1.21. The fourth-order valence-electron chi connectivity index (χ4n) is 8.94. The summed E-state index contributed by atoms with van der Waals surface area (Å²) < 4.78 is 46.8.